The molecule has 27 heavy (non-hydrogen) atoms. The number of aromatic hydroxyl groups is 1. The van der Waals surface area contributed by atoms with Crippen LogP contribution in [0.15, 0.2) is 63.7 Å². The Labute approximate surface area is 153 Å². The van der Waals surface area contributed by atoms with Crippen LogP contribution >= 0.6 is 0 Å². The van der Waals surface area contributed by atoms with Gasteiger partial charge in [-0.2, -0.15) is 8.42 Å². The number of benzene rings is 3. The van der Waals surface area contributed by atoms with E-state index in [1.54, 1.807) is 19.1 Å². The van der Waals surface area contributed by atoms with Gasteiger partial charge in [0, 0.05) is 11.5 Å². The zero-order valence-electron chi connectivity index (χ0n) is 13.9. The number of hydrogen-bond acceptors (Lipinski definition) is 7. The van der Waals surface area contributed by atoms with Crippen LogP contribution in [0.2, 0.25) is 0 Å². The molecule has 3 rings (SSSR count). The Morgan fingerprint density at radius 2 is 1.81 bits per heavy atom. The molecule has 0 unspecified atom stereocenters. The van der Waals surface area contributed by atoms with E-state index < -0.39 is 25.7 Å². The molecule has 0 bridgehead atoms. The van der Waals surface area contributed by atoms with Crippen LogP contribution < -0.4 is 0 Å². The molecule has 0 saturated carbocycles. The van der Waals surface area contributed by atoms with E-state index in [0.29, 0.717) is 10.9 Å². The first kappa shape index (κ1) is 18.4. The fourth-order valence-electron chi connectivity index (χ4n) is 2.60. The summed E-state index contributed by atoms with van der Waals surface area (Å²) >= 11 is 0. The number of aryl methyl sites for hydroxylation is 1. The molecule has 0 aromatic heterocycles. The molecular formula is C17H13N3O6S. The van der Waals surface area contributed by atoms with Gasteiger partial charge in [-0.3, -0.25) is 14.7 Å². The predicted octanol–water partition coefficient (Wildman–Crippen LogP) is 4.42. The molecule has 2 N–H and O–H groups in total. The van der Waals surface area contributed by atoms with E-state index in [-0.39, 0.29) is 22.4 Å². The number of rotatable bonds is 4. The SMILES string of the molecule is Cc1ccc([N+](=O)[O-])c(N=Nc2c(O)ccc3cccc(S(=O)(=O)O)c23)c1. The molecule has 9 nitrogen and oxygen atoms in total. The Morgan fingerprint density at radius 1 is 1.07 bits per heavy atom. The third kappa shape index (κ3) is 3.61. The molecule has 0 fully saturated rings. The van der Waals surface area contributed by atoms with Crippen LogP contribution in [-0.4, -0.2) is 23.0 Å². The molecule has 0 atom stereocenters. The minimum Gasteiger partial charge on any atom is -0.506 e. The lowest BCUT2D eigenvalue weighted by Gasteiger charge is -2.08. The Bertz CT molecular complexity index is 1200. The fraction of sp³-hybridized carbons (Fsp3) is 0.0588. The van der Waals surface area contributed by atoms with Gasteiger partial charge in [-0.25, -0.2) is 0 Å². The highest BCUT2D eigenvalue weighted by atomic mass is 32.2. The second-order valence-electron chi connectivity index (χ2n) is 5.71. The highest BCUT2D eigenvalue weighted by Crippen LogP contribution is 2.40. The third-order valence-corrected chi connectivity index (χ3v) is 4.72. The van der Waals surface area contributed by atoms with Crippen LogP contribution in [0.3, 0.4) is 0 Å². The third-order valence-electron chi connectivity index (χ3n) is 3.82. The number of nitrogens with zero attached hydrogens (tertiary/aromatic N) is 3. The molecule has 0 heterocycles. The summed E-state index contributed by atoms with van der Waals surface area (Å²) in [7, 11) is -4.60. The van der Waals surface area contributed by atoms with Gasteiger partial charge in [0.1, 0.15) is 16.3 Å². The van der Waals surface area contributed by atoms with E-state index in [1.807, 2.05) is 0 Å². The Kier molecular flexibility index (Phi) is 4.60. The minimum absolute atomic E-state index is 0.0425. The van der Waals surface area contributed by atoms with Gasteiger partial charge >= 0.3 is 0 Å². The molecule has 0 aliphatic carbocycles. The van der Waals surface area contributed by atoms with Gasteiger partial charge in [-0.1, -0.05) is 24.3 Å². The van der Waals surface area contributed by atoms with E-state index in [9.17, 15) is 28.2 Å². The van der Waals surface area contributed by atoms with Crippen molar-refractivity contribution in [1.29, 1.82) is 0 Å². The topological polar surface area (TPSA) is 142 Å². The van der Waals surface area contributed by atoms with Crippen molar-refractivity contribution in [2.45, 2.75) is 11.8 Å². The van der Waals surface area contributed by atoms with E-state index in [0.717, 1.165) is 6.07 Å². The number of phenols is 1. The molecule has 0 aliphatic heterocycles. The smallest absolute Gasteiger partial charge is 0.296 e. The maximum atomic E-state index is 11.7. The number of phenolic OH excluding ortho intramolecular Hbond substituents is 1. The van der Waals surface area contributed by atoms with Crippen LogP contribution in [0.5, 0.6) is 5.75 Å². The zero-order valence-corrected chi connectivity index (χ0v) is 14.7. The van der Waals surface area contributed by atoms with Crippen LogP contribution in [0.1, 0.15) is 5.56 Å². The Morgan fingerprint density at radius 3 is 2.48 bits per heavy atom. The molecule has 0 spiro atoms. The summed E-state index contributed by atoms with van der Waals surface area (Å²) in [5.41, 5.74) is 0.131. The van der Waals surface area contributed by atoms with Gasteiger partial charge in [0.15, 0.2) is 5.69 Å². The van der Waals surface area contributed by atoms with E-state index in [2.05, 4.69) is 10.2 Å². The van der Waals surface area contributed by atoms with Crippen molar-refractivity contribution < 1.29 is 23.0 Å². The van der Waals surface area contributed by atoms with Crippen LogP contribution in [0.25, 0.3) is 10.8 Å². The lowest BCUT2D eigenvalue weighted by atomic mass is 10.1. The molecule has 0 amide bonds. The minimum atomic E-state index is -4.60. The summed E-state index contributed by atoms with van der Waals surface area (Å²) in [6.45, 7) is 1.72. The zero-order chi connectivity index (χ0) is 19.8. The molecule has 0 radical (unpaired) electrons. The number of azo groups is 1. The van der Waals surface area contributed by atoms with Gasteiger partial charge in [-0.05, 0) is 36.1 Å². The molecule has 10 heteroatoms. The molecule has 138 valence electrons. The van der Waals surface area contributed by atoms with Crippen molar-refractivity contribution in [2.24, 2.45) is 10.2 Å². The second kappa shape index (κ2) is 6.74. The van der Waals surface area contributed by atoms with E-state index >= 15 is 0 Å². The summed E-state index contributed by atoms with van der Waals surface area (Å²) in [6.07, 6.45) is 0. The first-order valence-electron chi connectivity index (χ1n) is 7.57. The first-order valence-corrected chi connectivity index (χ1v) is 9.01. The molecule has 3 aromatic carbocycles. The van der Waals surface area contributed by atoms with Gasteiger partial charge < -0.3 is 5.11 Å². The Hall–Kier alpha value is -3.37. The lowest BCUT2D eigenvalue weighted by Crippen LogP contribution is -1.99. The largest absolute Gasteiger partial charge is 0.506 e. The lowest BCUT2D eigenvalue weighted by molar-refractivity contribution is -0.384. The number of hydrogen-bond donors (Lipinski definition) is 2. The monoisotopic (exact) mass is 387 g/mol. The molecule has 0 saturated heterocycles. The van der Waals surface area contributed by atoms with Crippen molar-refractivity contribution in [1.82, 2.24) is 0 Å². The highest BCUT2D eigenvalue weighted by molar-refractivity contribution is 7.86. The first-order chi connectivity index (χ1) is 12.7. The van der Waals surface area contributed by atoms with Gasteiger partial charge in [0.25, 0.3) is 15.8 Å². The maximum absolute atomic E-state index is 11.7. The second-order valence-corrected chi connectivity index (χ2v) is 7.10. The molecule has 3 aromatic rings. The van der Waals surface area contributed by atoms with Crippen molar-refractivity contribution in [3.8, 4) is 5.75 Å². The van der Waals surface area contributed by atoms with Crippen molar-refractivity contribution >= 4 is 38.0 Å². The number of nitro benzene ring substituents is 1. The average molecular weight is 387 g/mol. The molecule has 0 aliphatic rings. The van der Waals surface area contributed by atoms with Crippen molar-refractivity contribution in [3.05, 3.63) is 64.2 Å². The number of nitro groups is 1. The van der Waals surface area contributed by atoms with Crippen LogP contribution in [0, 0.1) is 17.0 Å². The molecular weight excluding hydrogens is 374 g/mol. The summed E-state index contributed by atoms with van der Waals surface area (Å²) in [6, 6.07) is 11.1. The van der Waals surface area contributed by atoms with Gasteiger partial charge in [-0.15, -0.1) is 10.2 Å². The van der Waals surface area contributed by atoms with Crippen LogP contribution in [0.4, 0.5) is 17.1 Å². The van der Waals surface area contributed by atoms with Crippen molar-refractivity contribution in [3.63, 3.8) is 0 Å². The average Bonchev–Trinajstić information content (AvgIpc) is 2.59. The van der Waals surface area contributed by atoms with Crippen molar-refractivity contribution in [2.75, 3.05) is 0 Å². The normalized spacial score (nSPS) is 11.9. The Balaban J connectivity index is 2.28. The van der Waals surface area contributed by atoms with Gasteiger partial charge in [0.05, 0.1) is 4.92 Å². The summed E-state index contributed by atoms with van der Waals surface area (Å²) in [5, 5.41) is 29.3. The van der Waals surface area contributed by atoms with E-state index in [1.165, 1.54) is 30.3 Å². The highest BCUT2D eigenvalue weighted by Gasteiger charge is 2.19. The summed E-state index contributed by atoms with van der Waals surface area (Å²) in [4.78, 5) is 10.1. The summed E-state index contributed by atoms with van der Waals surface area (Å²) in [5.74, 6) is -0.391. The van der Waals surface area contributed by atoms with E-state index in [4.69, 9.17) is 0 Å². The quantitative estimate of drug-likeness (QED) is 0.293. The number of fused-ring (bicyclic) bond motifs is 1. The van der Waals surface area contributed by atoms with Crippen LogP contribution in [-0.2, 0) is 10.1 Å². The maximum Gasteiger partial charge on any atom is 0.296 e. The predicted molar refractivity (Wildman–Crippen MR) is 97.4 cm³/mol. The van der Waals surface area contributed by atoms with Gasteiger partial charge in [0.2, 0.25) is 0 Å². The standard InChI is InChI=1S/C17H13N3O6S/c1-10-5-7-13(20(22)23)12(9-10)18-19-17-14(21)8-6-11-3-2-4-15(16(11)17)27(24,25)26/h2-9,21H,1H3,(H,24,25,26). The summed E-state index contributed by atoms with van der Waals surface area (Å²) < 4.78 is 32.8. The fourth-order valence-corrected chi connectivity index (χ4v) is 3.33.